The Morgan fingerprint density at radius 1 is 1.24 bits per heavy atom. The molecule has 1 aromatic carbocycles. The standard InChI is InChI=1S/C18H21N5O2/c1-13-19-17(21-25-13)12-22-8-5-9-23-15(11-22)10-16(20-23)18(24)14-6-3-2-4-7-14/h2-4,6-7,10,18,24H,5,8-9,11-12H2,1H3/t18-/m0/s1. The van der Waals surface area contributed by atoms with Gasteiger partial charge in [0.1, 0.15) is 6.10 Å². The van der Waals surface area contributed by atoms with Gasteiger partial charge < -0.3 is 9.63 Å². The normalized spacial score (nSPS) is 16.4. The van der Waals surface area contributed by atoms with Crippen molar-refractivity contribution in [2.45, 2.75) is 39.1 Å². The molecular weight excluding hydrogens is 318 g/mol. The van der Waals surface area contributed by atoms with Crippen molar-refractivity contribution >= 4 is 0 Å². The van der Waals surface area contributed by atoms with E-state index in [1.807, 2.05) is 41.1 Å². The molecule has 1 aliphatic rings. The Morgan fingerprint density at radius 2 is 2.08 bits per heavy atom. The number of nitrogens with zero attached hydrogens (tertiary/aromatic N) is 5. The zero-order valence-corrected chi connectivity index (χ0v) is 14.2. The maximum atomic E-state index is 10.6. The summed E-state index contributed by atoms with van der Waals surface area (Å²) in [6.07, 6.45) is 0.292. The Morgan fingerprint density at radius 3 is 2.84 bits per heavy atom. The molecule has 7 heteroatoms. The van der Waals surface area contributed by atoms with Gasteiger partial charge in [0, 0.05) is 26.6 Å². The van der Waals surface area contributed by atoms with Gasteiger partial charge in [0.15, 0.2) is 5.82 Å². The fraction of sp³-hybridized carbons (Fsp3) is 0.389. The lowest BCUT2D eigenvalue weighted by molar-refractivity contribution is 0.213. The maximum absolute atomic E-state index is 10.6. The molecule has 1 atom stereocenters. The Hall–Kier alpha value is -2.51. The summed E-state index contributed by atoms with van der Waals surface area (Å²) in [5.41, 5.74) is 2.65. The van der Waals surface area contributed by atoms with Crippen LogP contribution in [0, 0.1) is 6.92 Å². The first-order valence-electron chi connectivity index (χ1n) is 8.50. The quantitative estimate of drug-likeness (QED) is 0.784. The minimum Gasteiger partial charge on any atom is -0.382 e. The molecule has 25 heavy (non-hydrogen) atoms. The van der Waals surface area contributed by atoms with E-state index in [0.717, 1.165) is 37.3 Å². The molecule has 0 saturated heterocycles. The van der Waals surface area contributed by atoms with E-state index < -0.39 is 6.10 Å². The summed E-state index contributed by atoms with van der Waals surface area (Å²) in [5.74, 6) is 1.29. The third-order valence-corrected chi connectivity index (χ3v) is 4.44. The molecule has 130 valence electrons. The molecule has 0 bridgehead atoms. The lowest BCUT2D eigenvalue weighted by Gasteiger charge is -2.16. The number of fused-ring (bicyclic) bond motifs is 1. The molecule has 0 spiro atoms. The molecule has 0 radical (unpaired) electrons. The highest BCUT2D eigenvalue weighted by Gasteiger charge is 2.21. The van der Waals surface area contributed by atoms with Gasteiger partial charge in [-0.3, -0.25) is 9.58 Å². The van der Waals surface area contributed by atoms with Crippen LogP contribution in [0.4, 0.5) is 0 Å². The van der Waals surface area contributed by atoms with Crippen molar-refractivity contribution in [1.82, 2.24) is 24.8 Å². The number of benzene rings is 1. The van der Waals surface area contributed by atoms with E-state index >= 15 is 0 Å². The van der Waals surface area contributed by atoms with E-state index in [-0.39, 0.29) is 0 Å². The zero-order chi connectivity index (χ0) is 17.2. The van der Waals surface area contributed by atoms with Crippen LogP contribution in [0.15, 0.2) is 40.9 Å². The Balaban J connectivity index is 1.52. The monoisotopic (exact) mass is 339 g/mol. The maximum Gasteiger partial charge on any atom is 0.223 e. The molecule has 0 aliphatic carbocycles. The van der Waals surface area contributed by atoms with E-state index in [1.165, 1.54) is 0 Å². The van der Waals surface area contributed by atoms with E-state index in [4.69, 9.17) is 4.52 Å². The molecular formula is C18H21N5O2. The zero-order valence-electron chi connectivity index (χ0n) is 14.2. The van der Waals surface area contributed by atoms with Crippen LogP contribution in [0.25, 0.3) is 0 Å². The topological polar surface area (TPSA) is 80.2 Å². The van der Waals surface area contributed by atoms with Crippen molar-refractivity contribution in [3.63, 3.8) is 0 Å². The number of hydrogen-bond acceptors (Lipinski definition) is 6. The fourth-order valence-corrected chi connectivity index (χ4v) is 3.23. The molecule has 3 aromatic rings. The van der Waals surface area contributed by atoms with E-state index in [2.05, 4.69) is 20.1 Å². The van der Waals surface area contributed by atoms with Gasteiger partial charge in [-0.25, -0.2) is 0 Å². The molecule has 1 aliphatic heterocycles. The first-order chi connectivity index (χ1) is 12.2. The van der Waals surface area contributed by atoms with E-state index in [9.17, 15) is 5.11 Å². The molecule has 0 saturated carbocycles. The molecule has 2 aromatic heterocycles. The van der Waals surface area contributed by atoms with Crippen LogP contribution in [0.3, 0.4) is 0 Å². The van der Waals surface area contributed by atoms with Gasteiger partial charge in [0.05, 0.1) is 17.9 Å². The lowest BCUT2D eigenvalue weighted by atomic mass is 10.1. The average molecular weight is 339 g/mol. The van der Waals surface area contributed by atoms with E-state index in [0.29, 0.717) is 24.0 Å². The lowest BCUT2D eigenvalue weighted by Crippen LogP contribution is -2.23. The molecule has 4 rings (SSSR count). The Labute approximate surface area is 145 Å². The largest absolute Gasteiger partial charge is 0.382 e. The molecule has 0 unspecified atom stereocenters. The van der Waals surface area contributed by atoms with Crippen LogP contribution in [0.1, 0.15) is 41.2 Å². The number of hydrogen-bond donors (Lipinski definition) is 1. The van der Waals surface area contributed by atoms with Crippen molar-refractivity contribution in [2.75, 3.05) is 6.54 Å². The van der Waals surface area contributed by atoms with Gasteiger partial charge in [-0.15, -0.1) is 0 Å². The summed E-state index contributed by atoms with van der Waals surface area (Å²) in [7, 11) is 0. The summed E-state index contributed by atoms with van der Waals surface area (Å²) >= 11 is 0. The van der Waals surface area contributed by atoms with Crippen LogP contribution in [0.5, 0.6) is 0 Å². The van der Waals surface area contributed by atoms with Crippen molar-refractivity contribution in [3.8, 4) is 0 Å². The second kappa shape index (κ2) is 6.78. The Bertz CT molecular complexity index is 842. The average Bonchev–Trinajstić information content (AvgIpc) is 3.16. The molecule has 3 heterocycles. The highest BCUT2D eigenvalue weighted by atomic mass is 16.5. The number of rotatable bonds is 4. The second-order valence-electron chi connectivity index (χ2n) is 6.39. The van der Waals surface area contributed by atoms with Crippen LogP contribution < -0.4 is 0 Å². The van der Waals surface area contributed by atoms with Gasteiger partial charge >= 0.3 is 0 Å². The third-order valence-electron chi connectivity index (χ3n) is 4.44. The first kappa shape index (κ1) is 16.0. The number of aliphatic hydroxyl groups is 1. The summed E-state index contributed by atoms with van der Waals surface area (Å²) in [4.78, 5) is 6.56. The van der Waals surface area contributed by atoms with Crippen LogP contribution >= 0.6 is 0 Å². The second-order valence-corrected chi connectivity index (χ2v) is 6.39. The third kappa shape index (κ3) is 3.47. The highest BCUT2D eigenvalue weighted by Crippen LogP contribution is 2.23. The molecule has 1 N–H and O–H groups in total. The SMILES string of the molecule is Cc1nc(CN2CCCn3nc([C@@H](O)c4ccccc4)cc3C2)no1. The van der Waals surface area contributed by atoms with Crippen LogP contribution in [0.2, 0.25) is 0 Å². The van der Waals surface area contributed by atoms with E-state index in [1.54, 1.807) is 6.92 Å². The molecule has 0 fully saturated rings. The number of aliphatic hydroxyl groups excluding tert-OH is 1. The highest BCUT2D eigenvalue weighted by molar-refractivity contribution is 5.26. The minimum absolute atomic E-state index is 0.586. The predicted octanol–water partition coefficient (Wildman–Crippen LogP) is 2.06. The fourth-order valence-electron chi connectivity index (χ4n) is 3.23. The summed E-state index contributed by atoms with van der Waals surface area (Å²) in [6, 6.07) is 11.6. The summed E-state index contributed by atoms with van der Waals surface area (Å²) in [5, 5.41) is 19.2. The Kier molecular flexibility index (Phi) is 4.33. The smallest absolute Gasteiger partial charge is 0.223 e. The summed E-state index contributed by atoms with van der Waals surface area (Å²) < 4.78 is 7.06. The van der Waals surface area contributed by atoms with Crippen LogP contribution in [-0.4, -0.2) is 36.5 Å². The van der Waals surface area contributed by atoms with Gasteiger partial charge in [0.25, 0.3) is 0 Å². The van der Waals surface area contributed by atoms with Crippen molar-refractivity contribution in [3.05, 3.63) is 65.1 Å². The van der Waals surface area contributed by atoms with Crippen LogP contribution in [-0.2, 0) is 19.6 Å². The van der Waals surface area contributed by atoms with Crippen molar-refractivity contribution < 1.29 is 9.63 Å². The van der Waals surface area contributed by atoms with Gasteiger partial charge in [0.2, 0.25) is 5.89 Å². The summed E-state index contributed by atoms with van der Waals surface area (Å²) in [6.45, 7) is 5.00. The van der Waals surface area contributed by atoms with Gasteiger partial charge in [-0.05, 0) is 18.1 Å². The number of aryl methyl sites for hydroxylation is 2. The number of aromatic nitrogens is 4. The van der Waals surface area contributed by atoms with Gasteiger partial charge in [-0.2, -0.15) is 10.1 Å². The van der Waals surface area contributed by atoms with Gasteiger partial charge in [-0.1, -0.05) is 35.5 Å². The predicted molar refractivity (Wildman–Crippen MR) is 90.5 cm³/mol. The molecule has 0 amide bonds. The first-order valence-corrected chi connectivity index (χ1v) is 8.50. The van der Waals surface area contributed by atoms with Crippen molar-refractivity contribution in [2.24, 2.45) is 0 Å². The molecule has 7 nitrogen and oxygen atoms in total. The minimum atomic E-state index is -0.700. The van der Waals surface area contributed by atoms with Crippen molar-refractivity contribution in [1.29, 1.82) is 0 Å².